The first-order chi connectivity index (χ1) is 7.69. The zero-order valence-corrected chi connectivity index (χ0v) is 9.67. The molecule has 2 amide bonds. The quantitative estimate of drug-likeness (QED) is 0.853. The second-order valence-corrected chi connectivity index (χ2v) is 4.13. The molecule has 1 aliphatic carbocycles. The molecule has 2 N–H and O–H groups in total. The Bertz CT molecular complexity index is 405. The molecule has 0 unspecified atom stereocenters. The van der Waals surface area contributed by atoms with Crippen LogP contribution in [0.15, 0.2) is 18.2 Å². The Morgan fingerprint density at radius 3 is 2.81 bits per heavy atom. The lowest BCUT2D eigenvalue weighted by Gasteiger charge is -2.08. The number of anilines is 1. The van der Waals surface area contributed by atoms with E-state index in [0.29, 0.717) is 22.5 Å². The topological polar surface area (TPSA) is 50.4 Å². The Morgan fingerprint density at radius 1 is 1.50 bits per heavy atom. The molecule has 0 spiro atoms. The Hall–Kier alpha value is -1.42. The molecule has 5 heteroatoms. The second-order valence-electron chi connectivity index (χ2n) is 3.72. The summed E-state index contributed by atoms with van der Waals surface area (Å²) in [5.74, 6) is 0.592. The van der Waals surface area contributed by atoms with Gasteiger partial charge in [0.05, 0.1) is 12.1 Å². The van der Waals surface area contributed by atoms with Crippen LogP contribution in [0, 0.1) is 0 Å². The number of urea groups is 1. The number of nitrogens with one attached hydrogen (secondary N) is 2. The Morgan fingerprint density at radius 2 is 2.25 bits per heavy atom. The van der Waals surface area contributed by atoms with Crippen LogP contribution in [0.4, 0.5) is 10.5 Å². The lowest BCUT2D eigenvalue weighted by Crippen LogP contribution is -2.30. The summed E-state index contributed by atoms with van der Waals surface area (Å²) >= 11 is 5.93. The van der Waals surface area contributed by atoms with Crippen LogP contribution >= 0.6 is 11.6 Å². The second kappa shape index (κ2) is 4.61. The zero-order chi connectivity index (χ0) is 11.5. The first-order valence-corrected chi connectivity index (χ1v) is 5.48. The molecule has 0 radical (unpaired) electrons. The van der Waals surface area contributed by atoms with Gasteiger partial charge in [0.1, 0.15) is 5.75 Å². The minimum Gasteiger partial charge on any atom is -0.495 e. The maximum atomic E-state index is 11.4. The smallest absolute Gasteiger partial charge is 0.319 e. The van der Waals surface area contributed by atoms with E-state index < -0.39 is 0 Å². The minimum atomic E-state index is -0.191. The minimum absolute atomic E-state index is 0.191. The number of benzene rings is 1. The number of ether oxygens (including phenoxy) is 1. The predicted octanol–water partition coefficient (Wildman–Crippen LogP) is 2.63. The van der Waals surface area contributed by atoms with E-state index in [4.69, 9.17) is 16.3 Å². The summed E-state index contributed by atoms with van der Waals surface area (Å²) < 4.78 is 5.02. The number of halogens is 1. The molecule has 1 fully saturated rings. The van der Waals surface area contributed by atoms with Gasteiger partial charge in [0, 0.05) is 11.7 Å². The van der Waals surface area contributed by atoms with Crippen LogP contribution in [0.3, 0.4) is 0 Å². The third-order valence-corrected chi connectivity index (χ3v) is 2.62. The molecule has 1 aromatic rings. The van der Waals surface area contributed by atoms with E-state index in [1.165, 1.54) is 0 Å². The molecule has 0 atom stereocenters. The van der Waals surface area contributed by atoms with Crippen molar-refractivity contribution in [2.45, 2.75) is 18.9 Å². The van der Waals surface area contributed by atoms with Crippen molar-refractivity contribution < 1.29 is 9.53 Å². The van der Waals surface area contributed by atoms with E-state index in [2.05, 4.69) is 10.6 Å². The number of carbonyl (C=O) groups excluding carboxylic acids is 1. The van der Waals surface area contributed by atoms with E-state index in [0.717, 1.165) is 12.8 Å². The Balaban J connectivity index is 1.97. The van der Waals surface area contributed by atoms with Crippen LogP contribution in [-0.2, 0) is 0 Å². The van der Waals surface area contributed by atoms with Crippen molar-refractivity contribution in [3.63, 3.8) is 0 Å². The molecular formula is C11H13ClN2O2. The van der Waals surface area contributed by atoms with Gasteiger partial charge in [0.15, 0.2) is 0 Å². The standard InChI is InChI=1S/C11H13ClN2O2/c1-16-10-5-4-8(6-9(10)12)14-11(15)13-7-2-3-7/h4-7H,2-3H2,1H3,(H2,13,14,15). The average Bonchev–Trinajstić information content (AvgIpc) is 3.01. The van der Waals surface area contributed by atoms with Crippen molar-refractivity contribution in [3.8, 4) is 5.75 Å². The SMILES string of the molecule is COc1ccc(NC(=O)NC2CC2)cc1Cl. The molecule has 0 aliphatic heterocycles. The molecule has 86 valence electrons. The highest BCUT2D eigenvalue weighted by Gasteiger charge is 2.23. The number of amides is 2. The average molecular weight is 241 g/mol. The van der Waals surface area contributed by atoms with Gasteiger partial charge in [-0.3, -0.25) is 0 Å². The summed E-state index contributed by atoms with van der Waals surface area (Å²) in [6.07, 6.45) is 2.13. The molecule has 16 heavy (non-hydrogen) atoms. The fourth-order valence-electron chi connectivity index (χ4n) is 1.32. The highest BCUT2D eigenvalue weighted by molar-refractivity contribution is 6.32. The van der Waals surface area contributed by atoms with E-state index in [1.807, 2.05) is 0 Å². The number of hydrogen-bond acceptors (Lipinski definition) is 2. The van der Waals surface area contributed by atoms with Crippen LogP contribution in [-0.4, -0.2) is 19.2 Å². The number of carbonyl (C=O) groups is 1. The van der Waals surface area contributed by atoms with Gasteiger partial charge in [0.25, 0.3) is 0 Å². The summed E-state index contributed by atoms with van der Waals surface area (Å²) in [7, 11) is 1.55. The van der Waals surface area contributed by atoms with Gasteiger partial charge in [-0.25, -0.2) is 4.79 Å². The van der Waals surface area contributed by atoms with E-state index >= 15 is 0 Å². The fourth-order valence-corrected chi connectivity index (χ4v) is 1.58. The van der Waals surface area contributed by atoms with E-state index in [1.54, 1.807) is 25.3 Å². The van der Waals surface area contributed by atoms with Gasteiger partial charge >= 0.3 is 6.03 Å². The lowest BCUT2D eigenvalue weighted by atomic mass is 10.3. The molecule has 0 heterocycles. The van der Waals surface area contributed by atoms with Crippen LogP contribution in [0.25, 0.3) is 0 Å². The monoisotopic (exact) mass is 240 g/mol. The van der Waals surface area contributed by atoms with Gasteiger partial charge < -0.3 is 15.4 Å². The highest BCUT2D eigenvalue weighted by Crippen LogP contribution is 2.27. The summed E-state index contributed by atoms with van der Waals surface area (Å²) in [5.41, 5.74) is 0.656. The summed E-state index contributed by atoms with van der Waals surface area (Å²) in [6.45, 7) is 0. The number of methoxy groups -OCH3 is 1. The molecule has 0 bridgehead atoms. The number of rotatable bonds is 3. The summed E-state index contributed by atoms with van der Waals surface area (Å²) in [5, 5.41) is 6.02. The maximum absolute atomic E-state index is 11.4. The predicted molar refractivity (Wildman–Crippen MR) is 63.2 cm³/mol. The van der Waals surface area contributed by atoms with Crippen molar-refractivity contribution in [1.82, 2.24) is 5.32 Å². The molecule has 1 aromatic carbocycles. The van der Waals surface area contributed by atoms with E-state index in [-0.39, 0.29) is 6.03 Å². The molecular weight excluding hydrogens is 228 g/mol. The van der Waals surface area contributed by atoms with Crippen LogP contribution < -0.4 is 15.4 Å². The van der Waals surface area contributed by atoms with E-state index in [9.17, 15) is 4.79 Å². The summed E-state index contributed by atoms with van der Waals surface area (Å²) in [4.78, 5) is 11.4. The molecule has 1 saturated carbocycles. The molecule has 4 nitrogen and oxygen atoms in total. The molecule has 0 saturated heterocycles. The van der Waals surface area contributed by atoms with Crippen molar-refractivity contribution in [2.24, 2.45) is 0 Å². The highest BCUT2D eigenvalue weighted by atomic mass is 35.5. The van der Waals surface area contributed by atoms with Crippen molar-refractivity contribution in [2.75, 3.05) is 12.4 Å². The van der Waals surface area contributed by atoms with Gasteiger partial charge in [0.2, 0.25) is 0 Å². The Kier molecular flexibility index (Phi) is 3.19. The first-order valence-electron chi connectivity index (χ1n) is 5.10. The van der Waals surface area contributed by atoms with Crippen LogP contribution in [0.1, 0.15) is 12.8 Å². The largest absolute Gasteiger partial charge is 0.495 e. The number of hydrogen-bond donors (Lipinski definition) is 2. The van der Waals surface area contributed by atoms with Crippen molar-refractivity contribution in [3.05, 3.63) is 23.2 Å². The van der Waals surface area contributed by atoms with Crippen molar-refractivity contribution >= 4 is 23.3 Å². The fraction of sp³-hybridized carbons (Fsp3) is 0.364. The molecule has 2 rings (SSSR count). The van der Waals surface area contributed by atoms with Gasteiger partial charge in [-0.15, -0.1) is 0 Å². The lowest BCUT2D eigenvalue weighted by molar-refractivity contribution is 0.251. The van der Waals surface area contributed by atoms with Gasteiger partial charge in [-0.2, -0.15) is 0 Å². The van der Waals surface area contributed by atoms with Gasteiger partial charge in [-0.1, -0.05) is 11.6 Å². The Labute approximate surface area is 98.9 Å². The molecule has 1 aliphatic rings. The maximum Gasteiger partial charge on any atom is 0.319 e. The first kappa shape index (κ1) is 11.1. The third-order valence-electron chi connectivity index (χ3n) is 2.32. The van der Waals surface area contributed by atoms with Crippen LogP contribution in [0.5, 0.6) is 5.75 Å². The zero-order valence-electron chi connectivity index (χ0n) is 8.92. The molecule has 0 aromatic heterocycles. The third kappa shape index (κ3) is 2.79. The van der Waals surface area contributed by atoms with Crippen LogP contribution in [0.2, 0.25) is 5.02 Å². The normalized spacial score (nSPS) is 14.4. The van der Waals surface area contributed by atoms with Gasteiger partial charge in [-0.05, 0) is 31.0 Å². The summed E-state index contributed by atoms with van der Waals surface area (Å²) in [6, 6.07) is 5.27. The van der Waals surface area contributed by atoms with Crippen molar-refractivity contribution in [1.29, 1.82) is 0 Å².